The first kappa shape index (κ1) is 32.3. The van der Waals surface area contributed by atoms with E-state index >= 15 is 0 Å². The summed E-state index contributed by atoms with van der Waals surface area (Å²) >= 11 is 0. The molecule has 0 spiro atoms. The van der Waals surface area contributed by atoms with Crippen LogP contribution in [0.3, 0.4) is 0 Å². The van der Waals surface area contributed by atoms with Gasteiger partial charge in [-0.3, -0.25) is 9.59 Å². The summed E-state index contributed by atoms with van der Waals surface area (Å²) in [5.74, 6) is 0.914. The lowest BCUT2D eigenvalue weighted by molar-refractivity contribution is -0.199. The van der Waals surface area contributed by atoms with E-state index in [-0.39, 0.29) is 53.5 Å². The third-order valence-corrected chi connectivity index (χ3v) is 10.9. The van der Waals surface area contributed by atoms with Gasteiger partial charge in [-0.05, 0) is 79.8 Å². The van der Waals surface area contributed by atoms with Crippen LogP contribution in [0.4, 0.5) is 0 Å². The van der Waals surface area contributed by atoms with Gasteiger partial charge in [0, 0.05) is 26.2 Å². The Bertz CT molecular complexity index is 1500. The Morgan fingerprint density at radius 3 is 2.59 bits per heavy atom. The normalized spacial score (nSPS) is 27.6. The van der Waals surface area contributed by atoms with Crippen molar-refractivity contribution in [1.29, 1.82) is 5.26 Å². The predicted octanol–water partition coefficient (Wildman–Crippen LogP) is 4.13. The summed E-state index contributed by atoms with van der Waals surface area (Å²) in [6.07, 6.45) is 4.55. The second-order valence-electron chi connectivity index (χ2n) is 14.1. The van der Waals surface area contributed by atoms with Crippen molar-refractivity contribution >= 4 is 25.0 Å². The van der Waals surface area contributed by atoms with Crippen LogP contribution in [0, 0.1) is 28.6 Å². The zero-order valence-electron chi connectivity index (χ0n) is 27.4. The molecule has 46 heavy (non-hydrogen) atoms. The summed E-state index contributed by atoms with van der Waals surface area (Å²) in [5.41, 5.74) is 1.77. The van der Waals surface area contributed by atoms with Crippen molar-refractivity contribution in [2.75, 3.05) is 39.8 Å². The minimum absolute atomic E-state index is 0.0347. The maximum absolute atomic E-state index is 13.3. The molecule has 5 aliphatic rings. The number of carbonyl (C=O) groups excluding carboxylic acids is 2. The largest absolute Gasteiger partial charge is 0.493 e. The number of likely N-dealkylation sites (N-methyl/N-ethyl adjacent to an activating group) is 1. The molecule has 2 saturated heterocycles. The monoisotopic (exact) mass is 624 g/mol. The molecule has 7 rings (SSSR count). The highest BCUT2D eigenvalue weighted by atomic mass is 16.7. The lowest BCUT2D eigenvalue weighted by Gasteiger charge is -2.64. The van der Waals surface area contributed by atoms with Gasteiger partial charge in [-0.15, -0.1) is 0 Å². The van der Waals surface area contributed by atoms with Crippen molar-refractivity contribution in [2.45, 2.75) is 64.1 Å². The van der Waals surface area contributed by atoms with E-state index in [1.54, 1.807) is 23.1 Å². The van der Waals surface area contributed by atoms with E-state index in [9.17, 15) is 14.9 Å². The van der Waals surface area contributed by atoms with Crippen LogP contribution < -0.4 is 10.1 Å². The van der Waals surface area contributed by atoms with E-state index in [0.717, 1.165) is 25.1 Å². The molecule has 2 aliphatic heterocycles. The van der Waals surface area contributed by atoms with Gasteiger partial charge >= 0.3 is 7.12 Å². The number of amides is 2. The molecule has 9 nitrogen and oxygen atoms in total. The van der Waals surface area contributed by atoms with Gasteiger partial charge in [0.15, 0.2) is 0 Å². The molecule has 0 unspecified atom stereocenters. The number of ether oxygens (including phenoxy) is 1. The number of nitrogens with one attached hydrogen (secondary N) is 1. The minimum Gasteiger partial charge on any atom is -0.493 e. The molecule has 2 bridgehead atoms. The molecule has 0 radical (unpaired) electrons. The van der Waals surface area contributed by atoms with Crippen LogP contribution in [-0.4, -0.2) is 86.2 Å². The van der Waals surface area contributed by atoms with Crippen LogP contribution >= 0.6 is 0 Å². The van der Waals surface area contributed by atoms with Crippen molar-refractivity contribution in [3.63, 3.8) is 0 Å². The number of piperazine rings is 1. The van der Waals surface area contributed by atoms with Crippen molar-refractivity contribution in [3.05, 3.63) is 71.3 Å². The van der Waals surface area contributed by atoms with Gasteiger partial charge in [-0.2, -0.15) is 5.26 Å². The molecule has 2 aromatic rings. The quantitative estimate of drug-likeness (QED) is 0.241. The van der Waals surface area contributed by atoms with E-state index in [0.29, 0.717) is 42.7 Å². The van der Waals surface area contributed by atoms with Crippen molar-refractivity contribution in [1.82, 2.24) is 15.1 Å². The van der Waals surface area contributed by atoms with Crippen LogP contribution in [0.5, 0.6) is 5.75 Å². The Hall–Kier alpha value is -3.65. The van der Waals surface area contributed by atoms with Crippen molar-refractivity contribution in [2.24, 2.45) is 17.3 Å². The van der Waals surface area contributed by atoms with Crippen LogP contribution in [0.15, 0.2) is 60.2 Å². The fourth-order valence-corrected chi connectivity index (χ4v) is 7.88. The summed E-state index contributed by atoms with van der Waals surface area (Å²) in [6, 6.07) is 19.4. The van der Waals surface area contributed by atoms with Crippen LogP contribution in [0.1, 0.15) is 51.2 Å². The number of hydrogen-bond donors (Lipinski definition) is 1. The summed E-state index contributed by atoms with van der Waals surface area (Å²) in [7, 11) is 1.49. The lowest BCUT2D eigenvalue weighted by atomic mass is 9.43. The number of nitriles is 1. The first-order valence-electron chi connectivity index (χ1n) is 16.6. The fraction of sp³-hybridized carbons (Fsp3) is 0.528. The molecule has 2 aromatic carbocycles. The smallest absolute Gasteiger partial charge is 0.482 e. The number of benzene rings is 2. The first-order valence-corrected chi connectivity index (χ1v) is 16.6. The zero-order chi connectivity index (χ0) is 32.5. The van der Waals surface area contributed by atoms with Gasteiger partial charge in [-0.25, -0.2) is 0 Å². The highest BCUT2D eigenvalue weighted by Gasteiger charge is 2.68. The van der Waals surface area contributed by atoms with Gasteiger partial charge in [0.05, 0.1) is 30.7 Å². The van der Waals surface area contributed by atoms with E-state index in [1.165, 1.54) is 6.42 Å². The Morgan fingerprint density at radius 2 is 1.87 bits per heavy atom. The van der Waals surface area contributed by atoms with Gasteiger partial charge < -0.3 is 29.2 Å². The highest BCUT2D eigenvalue weighted by Crippen LogP contribution is 2.65. The number of hydrogen-bond acceptors (Lipinski definition) is 7. The summed E-state index contributed by atoms with van der Waals surface area (Å²) in [5, 5.41) is 12.9. The van der Waals surface area contributed by atoms with E-state index < -0.39 is 7.12 Å². The Balaban J connectivity index is 1.06. The summed E-state index contributed by atoms with van der Waals surface area (Å²) < 4.78 is 19.2. The molecule has 5 fully saturated rings. The molecule has 5 atom stereocenters. The minimum atomic E-state index is -0.526. The molecule has 3 saturated carbocycles. The van der Waals surface area contributed by atoms with Gasteiger partial charge in [-0.1, -0.05) is 56.3 Å². The third kappa shape index (κ3) is 6.59. The number of carbonyl (C=O) groups is 2. The SMILES string of the molecule is CN1CCN(C(=O)C(C#N)=Cc2cccc(OCCC(=O)N[C@@H](Cc3ccccc3)B3O[C@@H]4C[C@@H]5C[C@@H](C5(C)C)[C@]4(C)O3)c2)CC1. The molecular weight excluding hydrogens is 579 g/mol. The van der Waals surface area contributed by atoms with Gasteiger partial charge in [0.25, 0.3) is 5.91 Å². The van der Waals surface area contributed by atoms with E-state index in [2.05, 4.69) is 49.2 Å². The van der Waals surface area contributed by atoms with Gasteiger partial charge in [0.2, 0.25) is 5.91 Å². The van der Waals surface area contributed by atoms with Crippen molar-refractivity contribution in [3.8, 4) is 11.8 Å². The maximum atomic E-state index is 13.3. The maximum Gasteiger partial charge on any atom is 0.482 e. The number of nitrogens with zero attached hydrogens (tertiary/aromatic N) is 3. The Morgan fingerprint density at radius 1 is 1.11 bits per heavy atom. The van der Waals surface area contributed by atoms with Crippen molar-refractivity contribution < 1.29 is 23.6 Å². The van der Waals surface area contributed by atoms with Crippen LogP contribution in [0.25, 0.3) is 6.08 Å². The Kier molecular flexibility index (Phi) is 9.29. The molecule has 2 amide bonds. The second kappa shape index (κ2) is 13.2. The molecule has 242 valence electrons. The van der Waals surface area contributed by atoms with Gasteiger partial charge in [0.1, 0.15) is 17.4 Å². The van der Waals surface area contributed by atoms with E-state index in [4.69, 9.17) is 14.0 Å². The molecule has 0 aromatic heterocycles. The average Bonchev–Trinajstić information content (AvgIpc) is 3.41. The molecule has 3 aliphatic carbocycles. The molecule has 2 heterocycles. The summed E-state index contributed by atoms with van der Waals surface area (Å²) in [4.78, 5) is 30.1. The molecular formula is C36H45BN4O5. The first-order chi connectivity index (χ1) is 22.1. The standard InChI is InChI=1S/C36H45BN4O5/c1-35(2)28-22-30(35)36(3)31(23-28)45-37(46-36)32(21-25-9-6-5-7-10-25)39-33(42)13-18-44-29-12-8-11-26(20-29)19-27(24-38)34(43)41-16-14-40(4)15-17-41/h5-12,19-20,28,30-32H,13-18,21-23H2,1-4H3,(H,39,42)/t28-,30-,31+,32-,36-/m0/s1. The fourth-order valence-electron chi connectivity index (χ4n) is 7.88. The highest BCUT2D eigenvalue weighted by molar-refractivity contribution is 6.48. The van der Waals surface area contributed by atoms with E-state index in [1.807, 2.05) is 37.4 Å². The topological polar surface area (TPSA) is 104 Å². The number of rotatable bonds is 10. The average molecular weight is 625 g/mol. The molecule has 1 N–H and O–H groups in total. The lowest BCUT2D eigenvalue weighted by Crippen LogP contribution is -2.65. The predicted molar refractivity (Wildman–Crippen MR) is 176 cm³/mol. The third-order valence-electron chi connectivity index (χ3n) is 10.9. The zero-order valence-corrected chi connectivity index (χ0v) is 27.4. The van der Waals surface area contributed by atoms with Crippen LogP contribution in [-0.2, 0) is 25.3 Å². The second-order valence-corrected chi connectivity index (χ2v) is 14.1. The van der Waals surface area contributed by atoms with Crippen LogP contribution in [0.2, 0.25) is 0 Å². The summed E-state index contributed by atoms with van der Waals surface area (Å²) in [6.45, 7) is 9.83. The molecule has 10 heteroatoms. The Labute approximate surface area is 273 Å².